The molecule has 0 aromatic heterocycles. The third-order valence-corrected chi connectivity index (χ3v) is 2.60. The molecule has 1 N–H and O–H groups in total. The molecule has 1 amide bonds. The summed E-state index contributed by atoms with van der Waals surface area (Å²) in [6, 6.07) is 5.78. The van der Waals surface area contributed by atoms with E-state index in [2.05, 4.69) is 5.32 Å². The van der Waals surface area contributed by atoms with E-state index in [9.17, 15) is 14.0 Å². The molecule has 0 saturated carbocycles. The van der Waals surface area contributed by atoms with Crippen molar-refractivity contribution in [2.24, 2.45) is 0 Å². The normalized spacial score (nSPS) is 10.2. The largest absolute Gasteiger partial charge is 0.385 e. The Hall–Kier alpha value is -1.75. The van der Waals surface area contributed by atoms with Crippen LogP contribution in [0.4, 0.5) is 4.39 Å². The average molecular weight is 267 g/mol. The van der Waals surface area contributed by atoms with Gasteiger partial charge in [0, 0.05) is 33.1 Å². The molecule has 0 aliphatic carbocycles. The van der Waals surface area contributed by atoms with Crippen LogP contribution in [0, 0.1) is 5.82 Å². The Morgan fingerprint density at radius 2 is 2.00 bits per heavy atom. The summed E-state index contributed by atoms with van der Waals surface area (Å²) in [4.78, 5) is 23.1. The van der Waals surface area contributed by atoms with Crippen LogP contribution in [-0.2, 0) is 9.53 Å². The van der Waals surface area contributed by atoms with Crippen molar-refractivity contribution in [1.29, 1.82) is 0 Å². The highest BCUT2D eigenvalue weighted by molar-refractivity contribution is 5.98. The van der Waals surface area contributed by atoms with Crippen LogP contribution in [0.25, 0.3) is 0 Å². The Kier molecular flexibility index (Phi) is 6.74. The Morgan fingerprint density at radius 1 is 1.26 bits per heavy atom. The minimum atomic E-state index is -0.548. The molecule has 1 aromatic rings. The molecule has 104 valence electrons. The third-order valence-electron chi connectivity index (χ3n) is 2.60. The van der Waals surface area contributed by atoms with E-state index >= 15 is 0 Å². The van der Waals surface area contributed by atoms with Crippen molar-refractivity contribution in [2.75, 3.05) is 20.3 Å². The highest BCUT2D eigenvalue weighted by atomic mass is 19.1. The number of amides is 1. The maximum Gasteiger partial charge on any atom is 0.220 e. The number of nitrogens with one attached hydrogen (secondary N) is 1. The molecule has 5 heteroatoms. The molecule has 0 heterocycles. The van der Waals surface area contributed by atoms with Crippen LogP contribution < -0.4 is 5.32 Å². The number of hydrogen-bond acceptors (Lipinski definition) is 3. The first-order valence-corrected chi connectivity index (χ1v) is 6.18. The number of halogens is 1. The second-order valence-electron chi connectivity index (χ2n) is 4.10. The zero-order valence-corrected chi connectivity index (χ0v) is 10.9. The second-order valence-corrected chi connectivity index (χ2v) is 4.10. The van der Waals surface area contributed by atoms with Crippen molar-refractivity contribution in [3.63, 3.8) is 0 Å². The van der Waals surface area contributed by atoms with Gasteiger partial charge in [0.1, 0.15) is 5.82 Å². The maximum atomic E-state index is 13.3. The van der Waals surface area contributed by atoms with Crippen molar-refractivity contribution in [3.8, 4) is 0 Å². The number of carbonyl (C=O) groups is 2. The Labute approximate surface area is 112 Å². The van der Waals surface area contributed by atoms with Gasteiger partial charge in [-0.25, -0.2) is 4.39 Å². The summed E-state index contributed by atoms with van der Waals surface area (Å²) in [6.07, 6.45) is 0.806. The molecule has 0 spiro atoms. The molecule has 0 aliphatic rings. The van der Waals surface area contributed by atoms with Gasteiger partial charge in [0.2, 0.25) is 5.91 Å². The van der Waals surface area contributed by atoms with Crippen LogP contribution in [-0.4, -0.2) is 32.0 Å². The fourth-order valence-corrected chi connectivity index (χ4v) is 1.58. The summed E-state index contributed by atoms with van der Waals surface area (Å²) < 4.78 is 18.2. The van der Waals surface area contributed by atoms with Gasteiger partial charge in [-0.3, -0.25) is 9.59 Å². The first-order chi connectivity index (χ1) is 9.15. The number of benzene rings is 1. The van der Waals surface area contributed by atoms with Crippen LogP contribution in [0.2, 0.25) is 0 Å². The fraction of sp³-hybridized carbons (Fsp3) is 0.429. The molecule has 0 fully saturated rings. The SMILES string of the molecule is COCCCNC(=O)CCC(=O)c1ccccc1F. The van der Waals surface area contributed by atoms with Gasteiger partial charge >= 0.3 is 0 Å². The molecule has 1 aromatic carbocycles. The van der Waals surface area contributed by atoms with Gasteiger partial charge in [-0.2, -0.15) is 0 Å². The molecule has 0 unspecified atom stereocenters. The van der Waals surface area contributed by atoms with Crippen LogP contribution in [0.3, 0.4) is 0 Å². The summed E-state index contributed by atoms with van der Waals surface area (Å²) in [7, 11) is 1.59. The molecule has 19 heavy (non-hydrogen) atoms. The molecule has 0 radical (unpaired) electrons. The molecule has 0 atom stereocenters. The Morgan fingerprint density at radius 3 is 2.68 bits per heavy atom. The predicted octanol–water partition coefficient (Wildman–Crippen LogP) is 1.94. The highest BCUT2D eigenvalue weighted by Crippen LogP contribution is 2.10. The number of ketones is 1. The van der Waals surface area contributed by atoms with Crippen LogP contribution in [0.5, 0.6) is 0 Å². The van der Waals surface area contributed by atoms with Gasteiger partial charge in [0.25, 0.3) is 0 Å². The van der Waals surface area contributed by atoms with Crippen LogP contribution >= 0.6 is 0 Å². The number of Topliss-reactive ketones (excluding diaryl/α,β-unsaturated/α-hetero) is 1. The maximum absolute atomic E-state index is 13.3. The molecule has 0 saturated heterocycles. The molecular formula is C14H18FNO3. The molecular weight excluding hydrogens is 249 g/mol. The lowest BCUT2D eigenvalue weighted by Crippen LogP contribution is -2.25. The monoisotopic (exact) mass is 267 g/mol. The number of methoxy groups -OCH3 is 1. The predicted molar refractivity (Wildman–Crippen MR) is 69.5 cm³/mol. The Balaban J connectivity index is 2.30. The number of hydrogen-bond donors (Lipinski definition) is 1. The van der Waals surface area contributed by atoms with E-state index < -0.39 is 5.82 Å². The minimum Gasteiger partial charge on any atom is -0.385 e. The fourth-order valence-electron chi connectivity index (χ4n) is 1.58. The first-order valence-electron chi connectivity index (χ1n) is 6.18. The van der Waals surface area contributed by atoms with Gasteiger partial charge in [0.05, 0.1) is 5.56 Å². The average Bonchev–Trinajstić information content (AvgIpc) is 2.41. The summed E-state index contributed by atoms with van der Waals surface area (Å²) >= 11 is 0. The lowest BCUT2D eigenvalue weighted by molar-refractivity contribution is -0.121. The third kappa shape index (κ3) is 5.61. The molecule has 4 nitrogen and oxygen atoms in total. The second kappa shape index (κ2) is 8.37. The van der Waals surface area contributed by atoms with Gasteiger partial charge in [0.15, 0.2) is 5.78 Å². The molecule has 1 rings (SSSR count). The van der Waals surface area contributed by atoms with Gasteiger partial charge in [-0.05, 0) is 18.6 Å². The van der Waals surface area contributed by atoms with Crippen molar-refractivity contribution >= 4 is 11.7 Å². The van der Waals surface area contributed by atoms with E-state index in [0.29, 0.717) is 13.2 Å². The van der Waals surface area contributed by atoms with E-state index in [4.69, 9.17) is 4.74 Å². The topological polar surface area (TPSA) is 55.4 Å². The van der Waals surface area contributed by atoms with Crippen LogP contribution in [0.15, 0.2) is 24.3 Å². The highest BCUT2D eigenvalue weighted by Gasteiger charge is 2.12. The molecule has 0 bridgehead atoms. The summed E-state index contributed by atoms with van der Waals surface area (Å²) in [5.41, 5.74) is 0.0367. The quantitative estimate of drug-likeness (QED) is 0.578. The standard InChI is InChI=1S/C14H18FNO3/c1-19-10-4-9-16-14(18)8-7-13(17)11-5-2-3-6-12(11)15/h2-3,5-6H,4,7-10H2,1H3,(H,16,18). The Bertz CT molecular complexity index is 434. The van der Waals surface area contributed by atoms with Crippen molar-refractivity contribution in [2.45, 2.75) is 19.3 Å². The number of rotatable bonds is 8. The zero-order chi connectivity index (χ0) is 14.1. The lowest BCUT2D eigenvalue weighted by atomic mass is 10.1. The van der Waals surface area contributed by atoms with Crippen molar-refractivity contribution < 1.29 is 18.7 Å². The van der Waals surface area contributed by atoms with E-state index in [0.717, 1.165) is 6.42 Å². The van der Waals surface area contributed by atoms with E-state index in [1.165, 1.54) is 18.2 Å². The lowest BCUT2D eigenvalue weighted by Gasteiger charge is -2.05. The first kappa shape index (κ1) is 15.3. The molecule has 0 aliphatic heterocycles. The van der Waals surface area contributed by atoms with Gasteiger partial charge < -0.3 is 10.1 Å². The van der Waals surface area contributed by atoms with Crippen LogP contribution in [0.1, 0.15) is 29.6 Å². The summed E-state index contributed by atoms with van der Waals surface area (Å²) in [6.45, 7) is 1.09. The van der Waals surface area contributed by atoms with Gasteiger partial charge in [-0.1, -0.05) is 12.1 Å². The van der Waals surface area contributed by atoms with Crippen molar-refractivity contribution in [1.82, 2.24) is 5.32 Å². The minimum absolute atomic E-state index is 0.0110. The van der Waals surface area contributed by atoms with E-state index in [-0.39, 0.29) is 30.1 Å². The van der Waals surface area contributed by atoms with E-state index in [1.54, 1.807) is 13.2 Å². The summed E-state index contributed by atoms with van der Waals surface area (Å²) in [5, 5.41) is 2.67. The zero-order valence-electron chi connectivity index (χ0n) is 10.9. The van der Waals surface area contributed by atoms with Crippen molar-refractivity contribution in [3.05, 3.63) is 35.6 Å². The van der Waals surface area contributed by atoms with E-state index in [1.807, 2.05) is 0 Å². The van der Waals surface area contributed by atoms with Gasteiger partial charge in [-0.15, -0.1) is 0 Å². The number of ether oxygens (including phenoxy) is 1. The summed E-state index contributed by atoms with van der Waals surface area (Å²) in [5.74, 6) is -1.11. The smallest absolute Gasteiger partial charge is 0.220 e. The number of carbonyl (C=O) groups excluding carboxylic acids is 2.